The molecule has 2 aliphatic rings. The third-order valence-corrected chi connectivity index (χ3v) is 9.94. The van der Waals surface area contributed by atoms with Crippen LogP contribution < -0.4 is 16.5 Å². The molecule has 4 heterocycles. The Kier molecular flexibility index (Phi) is 8.65. The van der Waals surface area contributed by atoms with Crippen LogP contribution in [0.2, 0.25) is 0 Å². The highest BCUT2D eigenvalue weighted by Crippen LogP contribution is 2.38. The number of nitrogens with one attached hydrogen (secondary N) is 1. The molecule has 50 heavy (non-hydrogen) atoms. The first-order chi connectivity index (χ1) is 24.1. The molecule has 2 fully saturated rings. The molecule has 5 aromatic rings. The molecule has 1 saturated heterocycles. The van der Waals surface area contributed by atoms with Gasteiger partial charge in [0.05, 0.1) is 10.9 Å². The summed E-state index contributed by atoms with van der Waals surface area (Å²) in [5.41, 5.74) is 9.17. The van der Waals surface area contributed by atoms with Gasteiger partial charge in [0.1, 0.15) is 40.9 Å². The van der Waals surface area contributed by atoms with Crippen molar-refractivity contribution in [2.45, 2.75) is 58.0 Å². The number of halogens is 1. The maximum absolute atomic E-state index is 13.8. The summed E-state index contributed by atoms with van der Waals surface area (Å²) in [5.74, 6) is -0.602. The van der Waals surface area contributed by atoms with E-state index < -0.39 is 17.2 Å². The molecular formula is C38H37FN8O3. The predicted octanol–water partition coefficient (Wildman–Crippen LogP) is 6.32. The number of nitrogens with two attached hydrogens (primary N) is 1. The summed E-state index contributed by atoms with van der Waals surface area (Å²) in [6, 6.07) is 14.9. The third-order valence-electron chi connectivity index (χ3n) is 9.94. The Hall–Kier alpha value is -5.83. The molecule has 2 amide bonds. The van der Waals surface area contributed by atoms with Crippen LogP contribution in [0.1, 0.15) is 74.1 Å². The van der Waals surface area contributed by atoms with Crippen molar-refractivity contribution in [3.8, 4) is 28.3 Å². The average Bonchev–Trinajstić information content (AvgIpc) is 3.49. The van der Waals surface area contributed by atoms with Gasteiger partial charge < -0.3 is 25.1 Å². The van der Waals surface area contributed by atoms with Gasteiger partial charge in [0.2, 0.25) is 11.3 Å². The molecule has 12 heteroatoms. The van der Waals surface area contributed by atoms with Crippen molar-refractivity contribution >= 4 is 34.4 Å². The summed E-state index contributed by atoms with van der Waals surface area (Å²) in [5, 5.41) is 13.7. The fraction of sp³-hybridized carbons (Fsp3) is 0.316. The van der Waals surface area contributed by atoms with Gasteiger partial charge in [-0.3, -0.25) is 14.4 Å². The molecule has 1 aliphatic heterocycles. The maximum atomic E-state index is 13.8. The number of anilines is 2. The van der Waals surface area contributed by atoms with E-state index >= 15 is 0 Å². The van der Waals surface area contributed by atoms with Crippen LogP contribution in [-0.4, -0.2) is 48.9 Å². The smallest absolute Gasteiger partial charge is 0.261 e. The van der Waals surface area contributed by atoms with E-state index in [0.717, 1.165) is 54.3 Å². The molecule has 0 unspecified atom stereocenters. The molecule has 1 aliphatic carbocycles. The van der Waals surface area contributed by atoms with Gasteiger partial charge in [0.25, 0.3) is 5.91 Å². The lowest BCUT2D eigenvalue weighted by Gasteiger charge is -2.34. The quantitative estimate of drug-likeness (QED) is 0.205. The number of fused-ring (bicyclic) bond motifs is 1. The Balaban J connectivity index is 1.18. The van der Waals surface area contributed by atoms with Crippen molar-refractivity contribution in [3.05, 3.63) is 94.5 Å². The first kappa shape index (κ1) is 32.7. The second kappa shape index (κ2) is 13.2. The van der Waals surface area contributed by atoms with E-state index in [4.69, 9.17) is 5.73 Å². The topological polar surface area (TPSA) is 152 Å². The van der Waals surface area contributed by atoms with Crippen LogP contribution in [0.25, 0.3) is 33.3 Å². The lowest BCUT2D eigenvalue weighted by molar-refractivity contribution is -0.135. The number of hydrogen-bond acceptors (Lipinski definition) is 7. The van der Waals surface area contributed by atoms with Crippen LogP contribution in [0.15, 0.2) is 72.0 Å². The molecule has 2 aromatic carbocycles. The molecule has 1 saturated carbocycles. The summed E-state index contributed by atoms with van der Waals surface area (Å²) in [7, 11) is 0. The molecule has 0 spiro atoms. The van der Waals surface area contributed by atoms with Gasteiger partial charge in [0.15, 0.2) is 0 Å². The first-order valence-electron chi connectivity index (χ1n) is 16.9. The average molecular weight is 673 g/mol. The number of likely N-dealkylation sites (tertiary alicyclic amines) is 1. The number of nitriles is 1. The normalized spacial score (nSPS) is 15.2. The summed E-state index contributed by atoms with van der Waals surface area (Å²) in [4.78, 5) is 50.8. The van der Waals surface area contributed by atoms with Gasteiger partial charge >= 0.3 is 0 Å². The van der Waals surface area contributed by atoms with Gasteiger partial charge in [-0.05, 0) is 67.5 Å². The Morgan fingerprint density at radius 1 is 0.940 bits per heavy atom. The lowest BCUT2D eigenvalue weighted by Crippen LogP contribution is -2.41. The molecule has 3 aromatic heterocycles. The van der Waals surface area contributed by atoms with Crippen molar-refractivity contribution in [2.75, 3.05) is 24.1 Å². The van der Waals surface area contributed by atoms with Crippen molar-refractivity contribution in [1.29, 1.82) is 5.26 Å². The molecule has 11 nitrogen and oxygen atoms in total. The standard InChI is InChI=1S/C38H37FN8O3/c1-22(2)38(50)45-16-14-28(15-17-45)47-19-29(33-35(41)42-21-43-36(33)47)23-8-12-26(13-9-23)44-37(49)30-20-46(27-4-3-5-27)31(18-40)32(34(30)48)24-6-10-25(39)11-7-24/h6-13,19-22,27-28H,3-5,14-17H2,1-2H3,(H,44,49)(H2,41,42,43). The highest BCUT2D eigenvalue weighted by Gasteiger charge is 2.29. The minimum atomic E-state index is -0.611. The zero-order chi connectivity index (χ0) is 35.1. The Morgan fingerprint density at radius 3 is 2.22 bits per heavy atom. The van der Waals surface area contributed by atoms with Crippen LogP contribution >= 0.6 is 0 Å². The molecule has 0 bridgehead atoms. The van der Waals surface area contributed by atoms with Crippen LogP contribution in [0.3, 0.4) is 0 Å². The van der Waals surface area contributed by atoms with Gasteiger partial charge in [-0.25, -0.2) is 14.4 Å². The van der Waals surface area contributed by atoms with Crippen molar-refractivity contribution in [3.63, 3.8) is 0 Å². The van der Waals surface area contributed by atoms with Gasteiger partial charge in [-0.1, -0.05) is 38.1 Å². The molecule has 0 radical (unpaired) electrons. The highest BCUT2D eigenvalue weighted by atomic mass is 19.1. The zero-order valence-electron chi connectivity index (χ0n) is 27.9. The number of pyridine rings is 1. The number of rotatable bonds is 7. The van der Waals surface area contributed by atoms with Gasteiger partial charge in [0, 0.05) is 54.7 Å². The van der Waals surface area contributed by atoms with Crippen LogP contribution in [-0.2, 0) is 4.79 Å². The van der Waals surface area contributed by atoms with E-state index in [1.54, 1.807) is 16.7 Å². The maximum Gasteiger partial charge on any atom is 0.261 e. The van der Waals surface area contributed by atoms with Crippen molar-refractivity contribution in [2.24, 2.45) is 5.92 Å². The zero-order valence-corrected chi connectivity index (χ0v) is 27.9. The molecule has 254 valence electrons. The van der Waals surface area contributed by atoms with E-state index in [1.807, 2.05) is 37.1 Å². The number of nitrogen functional groups attached to an aromatic ring is 1. The summed E-state index contributed by atoms with van der Waals surface area (Å²) in [6.45, 7) is 5.17. The lowest BCUT2D eigenvalue weighted by atomic mass is 9.91. The second-order valence-electron chi connectivity index (χ2n) is 13.4. The third kappa shape index (κ3) is 5.89. The van der Waals surface area contributed by atoms with Crippen LogP contribution in [0.5, 0.6) is 0 Å². The fourth-order valence-electron chi connectivity index (χ4n) is 7.01. The second-order valence-corrected chi connectivity index (χ2v) is 13.4. The predicted molar refractivity (Wildman–Crippen MR) is 189 cm³/mol. The number of carbonyl (C=O) groups excluding carboxylic acids is 2. The van der Waals surface area contributed by atoms with E-state index in [9.17, 15) is 24.0 Å². The van der Waals surface area contributed by atoms with Gasteiger partial charge in [-0.2, -0.15) is 5.26 Å². The highest BCUT2D eigenvalue weighted by molar-refractivity contribution is 6.05. The van der Waals surface area contributed by atoms with Crippen LogP contribution in [0, 0.1) is 23.1 Å². The molecule has 3 N–H and O–H groups in total. The monoisotopic (exact) mass is 672 g/mol. The SMILES string of the molecule is CC(C)C(=O)N1CCC(n2cc(-c3ccc(NC(=O)c4cn(C5CCC5)c(C#N)c(-c5ccc(F)cc5)c4=O)cc3)c3c(N)ncnc32)CC1. The summed E-state index contributed by atoms with van der Waals surface area (Å²) in [6.07, 6.45) is 9.17. The minimum absolute atomic E-state index is 0.0103. The fourth-order valence-corrected chi connectivity index (χ4v) is 7.01. The van der Waals surface area contributed by atoms with Gasteiger partial charge in [-0.15, -0.1) is 0 Å². The van der Waals surface area contributed by atoms with Crippen molar-refractivity contribution < 1.29 is 14.0 Å². The number of nitrogens with zero attached hydrogens (tertiary/aromatic N) is 6. The molecule has 7 rings (SSSR count). The van der Waals surface area contributed by atoms with Crippen LogP contribution in [0.4, 0.5) is 15.9 Å². The largest absolute Gasteiger partial charge is 0.383 e. The summed E-state index contributed by atoms with van der Waals surface area (Å²) < 4.78 is 17.6. The minimum Gasteiger partial charge on any atom is -0.383 e. The Morgan fingerprint density at radius 2 is 1.60 bits per heavy atom. The number of carbonyl (C=O) groups is 2. The number of amides is 2. The first-order valence-corrected chi connectivity index (χ1v) is 16.9. The number of hydrogen-bond donors (Lipinski definition) is 2. The Labute approximate surface area is 288 Å². The Bertz CT molecular complexity index is 2200. The molecular weight excluding hydrogens is 635 g/mol. The van der Waals surface area contributed by atoms with E-state index in [2.05, 4.69) is 25.9 Å². The molecule has 0 atom stereocenters. The number of aromatic nitrogens is 4. The van der Waals surface area contributed by atoms with Crippen molar-refractivity contribution in [1.82, 2.24) is 24.0 Å². The number of benzene rings is 2. The van der Waals surface area contributed by atoms with E-state index in [-0.39, 0.29) is 40.7 Å². The number of piperidine rings is 1. The van der Waals surface area contributed by atoms with E-state index in [0.29, 0.717) is 30.2 Å². The summed E-state index contributed by atoms with van der Waals surface area (Å²) >= 11 is 0. The van der Waals surface area contributed by atoms with E-state index in [1.165, 1.54) is 36.8 Å².